The average Bonchev–Trinajstić information content (AvgIpc) is 1.47. The third kappa shape index (κ3) is 14.7. The molecule has 5 aliphatic rings. The molecule has 488 valence electrons. The minimum Gasteiger partial charge on any atom is -0.508 e. The van der Waals surface area contributed by atoms with Crippen LogP contribution in [0, 0.1) is 24.0 Å². The van der Waals surface area contributed by atoms with Crippen LogP contribution in [0.5, 0.6) is 11.8 Å². The number of phenolic OH excluding ortho intramolecular Hbond substituents is 1. The van der Waals surface area contributed by atoms with Crippen molar-refractivity contribution in [1.29, 1.82) is 0 Å². The van der Waals surface area contributed by atoms with E-state index in [1.807, 2.05) is 71.3 Å². The first-order valence-electron chi connectivity index (χ1n) is 33.0. The van der Waals surface area contributed by atoms with E-state index in [0.29, 0.717) is 60.0 Å². The first kappa shape index (κ1) is 65.4. The number of ether oxygens (including phenoxy) is 2. The smallest absolute Gasteiger partial charge is 0.407 e. The number of nitrogens with one attached hydrogen (secondary N) is 4. The molecule has 3 aromatic carbocycles. The molecule has 19 nitrogen and oxygen atoms in total. The number of hydrogen-bond acceptors (Lipinski definition) is 16. The van der Waals surface area contributed by atoms with Gasteiger partial charge in [0.25, 0.3) is 0 Å². The molecule has 5 unspecified atom stereocenters. The van der Waals surface area contributed by atoms with Crippen LogP contribution in [-0.2, 0) is 25.5 Å². The molecule has 0 saturated carbocycles. The number of thiazole rings is 1. The van der Waals surface area contributed by atoms with E-state index >= 15 is 8.78 Å². The zero-order chi connectivity index (χ0) is 64.1. The first-order chi connectivity index (χ1) is 43.8. The molecule has 6 N–H and O–H groups in total. The molecule has 8 atom stereocenters. The Kier molecular flexibility index (Phi) is 20.4. The number of aromatic hydroxyl groups is 1. The molecule has 91 heavy (non-hydrogen) atoms. The van der Waals surface area contributed by atoms with Crippen LogP contribution in [0.25, 0.3) is 43.4 Å². The summed E-state index contributed by atoms with van der Waals surface area (Å²) in [5, 5.41) is 35.7. The number of aliphatic hydroxyl groups excluding tert-OH is 1. The molecule has 5 fully saturated rings. The van der Waals surface area contributed by atoms with Crippen molar-refractivity contribution in [2.45, 2.75) is 199 Å². The number of rotatable bonds is 25. The van der Waals surface area contributed by atoms with Crippen LogP contribution >= 0.6 is 11.3 Å². The van der Waals surface area contributed by atoms with E-state index in [4.69, 9.17) is 19.4 Å². The highest BCUT2D eigenvalue weighted by atomic mass is 32.1. The van der Waals surface area contributed by atoms with Crippen LogP contribution in [0.1, 0.15) is 160 Å². The summed E-state index contributed by atoms with van der Waals surface area (Å²) >= 11 is 1.58. The Morgan fingerprint density at radius 1 is 0.901 bits per heavy atom. The number of anilines is 1. The van der Waals surface area contributed by atoms with Gasteiger partial charge in [0.2, 0.25) is 17.7 Å². The first-order valence-corrected chi connectivity index (χ1v) is 33.9. The molecule has 0 spiro atoms. The summed E-state index contributed by atoms with van der Waals surface area (Å²) in [4.78, 5) is 80.0. The van der Waals surface area contributed by atoms with Crippen molar-refractivity contribution in [3.63, 3.8) is 0 Å². The molecular formula is C69H89F2N11O8S. The number of phenols is 1. The largest absolute Gasteiger partial charge is 0.508 e. The van der Waals surface area contributed by atoms with Crippen LogP contribution in [0.4, 0.5) is 19.4 Å². The van der Waals surface area contributed by atoms with Gasteiger partial charge in [0.1, 0.15) is 53.9 Å². The monoisotopic (exact) mass is 1270 g/mol. The number of pyridine rings is 1. The van der Waals surface area contributed by atoms with Gasteiger partial charge in [-0.3, -0.25) is 24.3 Å². The number of benzene rings is 3. The van der Waals surface area contributed by atoms with Gasteiger partial charge in [0, 0.05) is 68.9 Å². The maximum absolute atomic E-state index is 17.3. The number of aliphatic hydroxyl groups is 1. The summed E-state index contributed by atoms with van der Waals surface area (Å²) in [7, 11) is 0. The van der Waals surface area contributed by atoms with Crippen molar-refractivity contribution >= 4 is 62.6 Å². The topological polar surface area (TPSA) is 237 Å². The Morgan fingerprint density at radius 2 is 1.64 bits per heavy atom. The zero-order valence-electron chi connectivity index (χ0n) is 53.4. The highest BCUT2D eigenvalue weighted by Crippen LogP contribution is 2.44. The van der Waals surface area contributed by atoms with Crippen LogP contribution in [0.3, 0.4) is 0 Å². The third-order valence-corrected chi connectivity index (χ3v) is 20.5. The van der Waals surface area contributed by atoms with E-state index in [1.165, 1.54) is 17.0 Å². The highest BCUT2D eigenvalue weighted by molar-refractivity contribution is 7.13. The van der Waals surface area contributed by atoms with Crippen molar-refractivity contribution < 1.29 is 47.6 Å². The number of unbranched alkanes of at least 4 members (excludes halogenated alkanes) is 7. The molecule has 4 amide bonds. The quantitative estimate of drug-likeness (QED) is 0.0292. The molecule has 0 radical (unpaired) electrons. The fraction of sp³-hybridized carbons (Fsp3) is 0.565. The second kappa shape index (κ2) is 28.4. The molecular weight excluding hydrogens is 1180 g/mol. The van der Waals surface area contributed by atoms with E-state index in [-0.39, 0.29) is 109 Å². The number of aromatic nitrogens is 4. The molecule has 3 aromatic heterocycles. The van der Waals surface area contributed by atoms with Gasteiger partial charge in [0.15, 0.2) is 5.82 Å². The number of likely N-dealkylation sites (tertiary alicyclic amines) is 1. The lowest BCUT2D eigenvalue weighted by Crippen LogP contribution is -2.57. The lowest BCUT2D eigenvalue weighted by Gasteiger charge is -2.35. The average molecular weight is 1270 g/mol. The lowest BCUT2D eigenvalue weighted by atomic mass is 9.85. The van der Waals surface area contributed by atoms with E-state index in [0.717, 1.165) is 112 Å². The minimum absolute atomic E-state index is 0.00975. The molecule has 6 aromatic rings. The maximum Gasteiger partial charge on any atom is 0.407 e. The van der Waals surface area contributed by atoms with Gasteiger partial charge in [-0.25, -0.2) is 18.6 Å². The SMILES string of the molecule is CCc1c(F)ccc2cc(O)cc(-c3ncc4c(N5CC6CCC(C5)N6)nc(OCC56CCCN5C(COC(=O)NCCCCCCCCCCC(=O)NC(C(=O)N5C[C@H](O)C[C@H]5C(=O)N[C@@H](C)c5ccc(-c7scnc7C)cc5)C(C)(C)C)CC6)nc4c3F)c12. The van der Waals surface area contributed by atoms with E-state index < -0.39 is 41.3 Å². The molecule has 5 saturated heterocycles. The number of fused-ring (bicyclic) bond motifs is 5. The van der Waals surface area contributed by atoms with E-state index in [2.05, 4.69) is 41.0 Å². The number of hydrogen-bond donors (Lipinski definition) is 6. The summed E-state index contributed by atoms with van der Waals surface area (Å²) in [6, 6.07) is 12.4. The van der Waals surface area contributed by atoms with Crippen LogP contribution in [0.2, 0.25) is 0 Å². The number of halogens is 2. The van der Waals surface area contributed by atoms with Gasteiger partial charge in [0.05, 0.1) is 39.2 Å². The van der Waals surface area contributed by atoms with Gasteiger partial charge in [-0.2, -0.15) is 9.97 Å². The van der Waals surface area contributed by atoms with Gasteiger partial charge in [-0.1, -0.05) is 96.6 Å². The number of nitrogens with zero attached hydrogens (tertiary/aromatic N) is 7. The predicted molar refractivity (Wildman–Crippen MR) is 348 cm³/mol. The number of amides is 4. The standard InChI is InChI=1S/C69H89F2N11O8S/c1-7-51-54(70)25-22-45-31-49(83)32-52(57(45)51)59-58(71)60-53(34-73-59)63(80-35-46-23-24-47(36-80)76-46)79-66(78-60)90-39-69-27-16-30-82(69)48(26-28-69)38-89-67(88)72-29-15-13-11-9-8-10-12-14-17-56(85)77-62(68(4,5)6)65(87)81-37-50(84)33-55(81)64(86)75-41(2)43-18-20-44(21-19-43)61-42(3)74-40-91-61/h18-22,25,31-32,34,40-41,46-48,50,55,62,76,83-84H,7-17,23-24,26-30,33,35-39H2,1-6H3,(H,72,88)(H,75,86)(H,77,85)/t41-,46?,47?,48?,50+,55-,62?,69?/m0/s1. The van der Waals surface area contributed by atoms with Gasteiger partial charge in [-0.05, 0) is 129 Å². The van der Waals surface area contributed by atoms with Gasteiger partial charge < -0.3 is 50.8 Å². The second-order valence-electron chi connectivity index (χ2n) is 27.0. The number of carbonyl (C=O) groups is 4. The Morgan fingerprint density at radius 3 is 2.35 bits per heavy atom. The molecule has 8 heterocycles. The minimum atomic E-state index is -0.882. The molecule has 0 aliphatic carbocycles. The van der Waals surface area contributed by atoms with Gasteiger partial charge in [-0.15, -0.1) is 11.3 Å². The second-order valence-corrected chi connectivity index (χ2v) is 27.9. The summed E-state index contributed by atoms with van der Waals surface area (Å²) in [6.07, 6.45) is 14.0. The fourth-order valence-electron chi connectivity index (χ4n) is 14.6. The number of carbonyl (C=O) groups excluding carboxylic acids is 4. The Bertz CT molecular complexity index is 3590. The third-order valence-electron chi connectivity index (χ3n) is 19.5. The summed E-state index contributed by atoms with van der Waals surface area (Å²) in [5.41, 5.74) is 4.43. The number of β-amino-alcohol motifs (C(OH)–C–C–N with tert-alkyl or cyclic N) is 1. The normalized spacial score (nSPS) is 22.1. The van der Waals surface area contributed by atoms with E-state index in [9.17, 15) is 29.4 Å². The Labute approximate surface area is 535 Å². The fourth-order valence-corrected chi connectivity index (χ4v) is 15.5. The Balaban J connectivity index is 0.595. The van der Waals surface area contributed by atoms with Crippen LogP contribution < -0.4 is 30.9 Å². The Hall–Kier alpha value is -7.14. The zero-order valence-corrected chi connectivity index (χ0v) is 54.2. The molecule has 5 aliphatic heterocycles. The van der Waals surface area contributed by atoms with Crippen molar-refractivity contribution in [2.75, 3.05) is 50.8 Å². The van der Waals surface area contributed by atoms with Crippen molar-refractivity contribution in [3.8, 4) is 33.5 Å². The maximum atomic E-state index is 17.3. The molecule has 2 bridgehead atoms. The molecule has 11 rings (SSSR count). The van der Waals surface area contributed by atoms with Crippen LogP contribution in [-0.4, -0.2) is 152 Å². The van der Waals surface area contributed by atoms with Crippen LogP contribution in [0.15, 0.2) is 60.2 Å². The lowest BCUT2D eigenvalue weighted by molar-refractivity contribution is -0.144. The summed E-state index contributed by atoms with van der Waals surface area (Å²) in [5.74, 6) is -1.61. The van der Waals surface area contributed by atoms with E-state index in [1.54, 1.807) is 29.7 Å². The number of alkyl carbamates (subject to hydrolysis) is 1. The molecule has 22 heteroatoms. The van der Waals surface area contributed by atoms with Gasteiger partial charge >= 0.3 is 12.1 Å². The number of aryl methyl sites for hydroxylation is 2. The van der Waals surface area contributed by atoms with Crippen molar-refractivity contribution in [3.05, 3.63) is 88.7 Å². The van der Waals surface area contributed by atoms with Crippen molar-refractivity contribution in [2.24, 2.45) is 5.41 Å². The highest BCUT2D eigenvalue weighted by Gasteiger charge is 2.51. The summed E-state index contributed by atoms with van der Waals surface area (Å²) < 4.78 is 44.9. The summed E-state index contributed by atoms with van der Waals surface area (Å²) in [6.45, 7) is 14.6. The predicted octanol–water partition coefficient (Wildman–Crippen LogP) is 10.7. The number of piperazine rings is 1. The van der Waals surface area contributed by atoms with Crippen molar-refractivity contribution in [1.82, 2.24) is 51.0 Å².